The quantitative estimate of drug-likeness (QED) is 0.603. The molecule has 1 unspecified atom stereocenters. The molecule has 1 saturated heterocycles. The van der Waals surface area contributed by atoms with Gasteiger partial charge in [0.1, 0.15) is 0 Å². The number of carbonyl (C=O) groups excluding carboxylic acids is 1. The first kappa shape index (κ1) is 14.2. The Hall–Kier alpha value is -1.22. The number of hydrogen-bond donors (Lipinski definition) is 0. The molecular weight excluding hydrogens is 254 g/mol. The summed E-state index contributed by atoms with van der Waals surface area (Å²) in [5, 5.41) is 0. The summed E-state index contributed by atoms with van der Waals surface area (Å²) in [6, 6.07) is 10.7. The Morgan fingerprint density at radius 3 is 2.68 bits per heavy atom. The summed E-state index contributed by atoms with van der Waals surface area (Å²) >= 11 is 5.25. The van der Waals surface area contributed by atoms with Gasteiger partial charge in [0.2, 0.25) is 5.91 Å². The zero-order valence-corrected chi connectivity index (χ0v) is 12.3. The third kappa shape index (κ3) is 3.87. The van der Waals surface area contributed by atoms with E-state index in [-0.39, 0.29) is 5.91 Å². The summed E-state index contributed by atoms with van der Waals surface area (Å²) in [6.45, 7) is 2.08. The Morgan fingerprint density at radius 2 is 2.05 bits per heavy atom. The molecule has 1 fully saturated rings. The van der Waals surface area contributed by atoms with Crippen LogP contribution in [0.4, 0.5) is 0 Å². The fourth-order valence-electron chi connectivity index (χ4n) is 2.58. The van der Waals surface area contributed by atoms with E-state index in [1.165, 1.54) is 5.56 Å². The Labute approximate surface area is 120 Å². The lowest BCUT2D eigenvalue weighted by molar-refractivity contribution is -0.128. The van der Waals surface area contributed by atoms with Crippen molar-refractivity contribution in [3.8, 4) is 0 Å². The summed E-state index contributed by atoms with van der Waals surface area (Å²) in [5.74, 6) is 0.211. The van der Waals surface area contributed by atoms with Crippen LogP contribution >= 0.6 is 12.2 Å². The summed E-state index contributed by atoms with van der Waals surface area (Å²) in [4.78, 5) is 14.8. The van der Waals surface area contributed by atoms with Gasteiger partial charge in [-0.05, 0) is 38.2 Å². The van der Waals surface area contributed by atoms with Crippen molar-refractivity contribution >= 4 is 23.1 Å². The number of aryl methyl sites for hydroxylation is 1. The predicted octanol–water partition coefficient (Wildman–Crippen LogP) is 3.74. The molecule has 102 valence electrons. The molecule has 2 rings (SSSR count). The molecule has 0 radical (unpaired) electrons. The Balaban J connectivity index is 1.71. The standard InChI is InChI=1S/C16H21NOS/c1-13-11-12-16(19)17(13)15(18)10-6-5-9-14-7-3-2-4-8-14/h2-4,7-8,13H,5-6,9-12H2,1H3. The second-order valence-electron chi connectivity index (χ2n) is 5.24. The number of hydrogen-bond acceptors (Lipinski definition) is 2. The summed E-state index contributed by atoms with van der Waals surface area (Å²) in [5.41, 5.74) is 1.35. The van der Waals surface area contributed by atoms with Crippen molar-refractivity contribution in [2.75, 3.05) is 0 Å². The first-order valence-electron chi connectivity index (χ1n) is 7.07. The van der Waals surface area contributed by atoms with Gasteiger partial charge in [-0.3, -0.25) is 4.79 Å². The van der Waals surface area contributed by atoms with Crippen LogP contribution in [0.1, 0.15) is 44.6 Å². The maximum atomic E-state index is 12.1. The molecule has 3 heteroatoms. The van der Waals surface area contributed by atoms with Crippen molar-refractivity contribution in [1.29, 1.82) is 0 Å². The van der Waals surface area contributed by atoms with Gasteiger partial charge in [-0.25, -0.2) is 0 Å². The Kier molecular flexibility index (Phi) is 5.08. The van der Waals surface area contributed by atoms with Crippen molar-refractivity contribution < 1.29 is 4.79 Å². The zero-order chi connectivity index (χ0) is 13.7. The molecule has 0 bridgehead atoms. The first-order chi connectivity index (χ1) is 9.18. The number of thiocarbonyl (C=S) groups is 1. The summed E-state index contributed by atoms with van der Waals surface area (Å²) in [7, 11) is 0. The molecule has 1 amide bonds. The molecule has 0 N–H and O–H groups in total. The minimum atomic E-state index is 0.211. The Bertz CT molecular complexity index is 443. The second kappa shape index (κ2) is 6.80. The van der Waals surface area contributed by atoms with E-state index >= 15 is 0 Å². The van der Waals surface area contributed by atoms with Gasteiger partial charge in [0.05, 0.1) is 4.99 Å². The molecule has 19 heavy (non-hydrogen) atoms. The molecule has 1 aliphatic heterocycles. The highest BCUT2D eigenvalue weighted by Gasteiger charge is 2.29. The van der Waals surface area contributed by atoms with E-state index in [1.807, 2.05) is 11.0 Å². The van der Waals surface area contributed by atoms with Gasteiger partial charge in [-0.1, -0.05) is 42.5 Å². The molecule has 0 aromatic heterocycles. The average molecular weight is 275 g/mol. The minimum absolute atomic E-state index is 0.211. The Morgan fingerprint density at radius 1 is 1.32 bits per heavy atom. The van der Waals surface area contributed by atoms with Gasteiger partial charge in [0.25, 0.3) is 0 Å². The van der Waals surface area contributed by atoms with Crippen LogP contribution in [0, 0.1) is 0 Å². The van der Waals surface area contributed by atoms with Crippen molar-refractivity contribution in [2.24, 2.45) is 0 Å². The van der Waals surface area contributed by atoms with E-state index in [0.717, 1.165) is 37.1 Å². The molecule has 0 aliphatic carbocycles. The van der Waals surface area contributed by atoms with Crippen LogP contribution in [-0.2, 0) is 11.2 Å². The lowest BCUT2D eigenvalue weighted by Crippen LogP contribution is -2.36. The number of rotatable bonds is 5. The minimum Gasteiger partial charge on any atom is -0.304 e. The van der Waals surface area contributed by atoms with Gasteiger partial charge in [-0.2, -0.15) is 0 Å². The molecule has 1 aliphatic rings. The molecule has 1 aromatic rings. The van der Waals surface area contributed by atoms with Crippen molar-refractivity contribution in [3.63, 3.8) is 0 Å². The third-order valence-corrected chi connectivity index (χ3v) is 4.10. The zero-order valence-electron chi connectivity index (χ0n) is 11.5. The fraction of sp³-hybridized carbons (Fsp3) is 0.500. The first-order valence-corrected chi connectivity index (χ1v) is 7.48. The fourth-order valence-corrected chi connectivity index (χ4v) is 2.98. The number of amides is 1. The van der Waals surface area contributed by atoms with Crippen LogP contribution < -0.4 is 0 Å². The molecule has 1 aromatic carbocycles. The van der Waals surface area contributed by atoms with Gasteiger partial charge in [0, 0.05) is 18.9 Å². The number of nitrogens with zero attached hydrogens (tertiary/aromatic N) is 1. The normalized spacial score (nSPS) is 18.9. The van der Waals surface area contributed by atoms with Crippen LogP contribution in [0.3, 0.4) is 0 Å². The molecule has 1 heterocycles. The van der Waals surface area contributed by atoms with E-state index < -0.39 is 0 Å². The number of unbranched alkanes of at least 4 members (excludes halogenated alkanes) is 1. The molecule has 0 saturated carbocycles. The summed E-state index contributed by atoms with van der Waals surface area (Å²) in [6.07, 6.45) is 5.59. The van der Waals surface area contributed by atoms with E-state index in [1.54, 1.807) is 0 Å². The largest absolute Gasteiger partial charge is 0.304 e. The lowest BCUT2D eigenvalue weighted by atomic mass is 10.1. The van der Waals surface area contributed by atoms with Crippen molar-refractivity contribution in [2.45, 2.75) is 51.5 Å². The second-order valence-corrected chi connectivity index (χ2v) is 5.71. The van der Waals surface area contributed by atoms with E-state index in [2.05, 4.69) is 31.2 Å². The van der Waals surface area contributed by atoms with Crippen LogP contribution in [0.5, 0.6) is 0 Å². The van der Waals surface area contributed by atoms with Gasteiger partial charge >= 0.3 is 0 Å². The van der Waals surface area contributed by atoms with Crippen molar-refractivity contribution in [1.82, 2.24) is 4.90 Å². The van der Waals surface area contributed by atoms with Crippen LogP contribution in [0.2, 0.25) is 0 Å². The number of carbonyl (C=O) groups is 1. The average Bonchev–Trinajstić information content (AvgIpc) is 2.75. The molecule has 0 spiro atoms. The van der Waals surface area contributed by atoms with Crippen LogP contribution in [0.25, 0.3) is 0 Å². The van der Waals surface area contributed by atoms with Crippen LogP contribution in [0.15, 0.2) is 30.3 Å². The summed E-state index contributed by atoms with van der Waals surface area (Å²) < 4.78 is 0. The topological polar surface area (TPSA) is 20.3 Å². The SMILES string of the molecule is CC1CCC(=S)N1C(=O)CCCCc1ccccc1. The van der Waals surface area contributed by atoms with Crippen molar-refractivity contribution in [3.05, 3.63) is 35.9 Å². The van der Waals surface area contributed by atoms with Gasteiger partial charge < -0.3 is 4.90 Å². The predicted molar refractivity (Wildman–Crippen MR) is 82.1 cm³/mol. The molecule has 1 atom stereocenters. The smallest absolute Gasteiger partial charge is 0.227 e. The maximum Gasteiger partial charge on any atom is 0.227 e. The van der Waals surface area contributed by atoms with Crippen LogP contribution in [-0.4, -0.2) is 21.8 Å². The molecule has 2 nitrogen and oxygen atoms in total. The highest BCUT2D eigenvalue weighted by atomic mass is 32.1. The van der Waals surface area contributed by atoms with E-state index in [9.17, 15) is 4.79 Å². The molecular formula is C16H21NOS. The lowest BCUT2D eigenvalue weighted by Gasteiger charge is -2.21. The number of likely N-dealkylation sites (tertiary alicyclic amines) is 1. The van der Waals surface area contributed by atoms with Gasteiger partial charge in [-0.15, -0.1) is 0 Å². The third-order valence-electron chi connectivity index (χ3n) is 3.70. The van der Waals surface area contributed by atoms with Gasteiger partial charge in [0.15, 0.2) is 0 Å². The van der Waals surface area contributed by atoms with E-state index in [4.69, 9.17) is 12.2 Å². The van der Waals surface area contributed by atoms with E-state index in [0.29, 0.717) is 12.5 Å². The maximum absolute atomic E-state index is 12.1. The highest BCUT2D eigenvalue weighted by molar-refractivity contribution is 7.80. The monoisotopic (exact) mass is 275 g/mol. The highest BCUT2D eigenvalue weighted by Crippen LogP contribution is 2.21. The number of benzene rings is 1.